The van der Waals surface area contributed by atoms with Gasteiger partial charge in [0, 0.05) is 13.0 Å². The van der Waals surface area contributed by atoms with Crippen molar-refractivity contribution in [2.45, 2.75) is 12.8 Å². The second kappa shape index (κ2) is 7.19. The van der Waals surface area contributed by atoms with Crippen LogP contribution in [-0.4, -0.2) is 49.8 Å². The number of nitrogens with one attached hydrogen (secondary N) is 1. The van der Waals surface area contributed by atoms with E-state index in [2.05, 4.69) is 21.3 Å². The van der Waals surface area contributed by atoms with Crippen LogP contribution in [0.3, 0.4) is 0 Å². The molecule has 0 spiro atoms. The molecular weight excluding hydrogens is 310 g/mol. The second-order valence-corrected chi connectivity index (χ2v) is 6.91. The van der Waals surface area contributed by atoms with Gasteiger partial charge in [-0.3, -0.25) is 4.79 Å². The zero-order valence-corrected chi connectivity index (χ0v) is 14.3. The summed E-state index contributed by atoms with van der Waals surface area (Å²) < 4.78 is 5.50. The number of aliphatic imine (C=N–C) groups is 1. The summed E-state index contributed by atoms with van der Waals surface area (Å²) in [7, 11) is 4.10. The molecule has 0 saturated heterocycles. The number of benzene rings is 1. The first-order chi connectivity index (χ1) is 11.1. The normalized spacial score (nSPS) is 18.3. The lowest BCUT2D eigenvalue weighted by molar-refractivity contribution is -0.113. The Morgan fingerprint density at radius 3 is 3.13 bits per heavy atom. The van der Waals surface area contributed by atoms with E-state index >= 15 is 0 Å². The molecule has 122 valence electrons. The van der Waals surface area contributed by atoms with Gasteiger partial charge in [-0.1, -0.05) is 6.07 Å². The van der Waals surface area contributed by atoms with Crippen molar-refractivity contribution in [2.75, 3.05) is 33.8 Å². The predicted octanol–water partition coefficient (Wildman–Crippen LogP) is 2.13. The minimum Gasteiger partial charge on any atom is -0.493 e. The number of thioether (sulfide) groups is 1. The van der Waals surface area contributed by atoms with Crippen LogP contribution < -0.4 is 10.1 Å². The summed E-state index contributed by atoms with van der Waals surface area (Å²) in [6.45, 7) is 2.58. The average Bonchev–Trinajstić information content (AvgIpc) is 3.10. The highest BCUT2D eigenvalue weighted by Crippen LogP contribution is 2.30. The van der Waals surface area contributed by atoms with E-state index in [0.29, 0.717) is 10.1 Å². The van der Waals surface area contributed by atoms with E-state index in [9.17, 15) is 4.79 Å². The zero-order valence-electron chi connectivity index (χ0n) is 13.5. The maximum Gasteiger partial charge on any atom is 0.286 e. The van der Waals surface area contributed by atoms with Crippen LogP contribution in [0.5, 0.6) is 5.75 Å². The first-order valence-electron chi connectivity index (χ1n) is 7.79. The Morgan fingerprint density at radius 1 is 1.43 bits per heavy atom. The third-order valence-electron chi connectivity index (χ3n) is 3.69. The van der Waals surface area contributed by atoms with E-state index in [1.54, 1.807) is 0 Å². The molecule has 0 unspecified atom stereocenters. The van der Waals surface area contributed by atoms with Gasteiger partial charge in [0.05, 0.1) is 11.5 Å². The number of ether oxygens (including phenoxy) is 1. The van der Waals surface area contributed by atoms with Crippen molar-refractivity contribution < 1.29 is 9.53 Å². The largest absolute Gasteiger partial charge is 0.493 e. The molecule has 2 heterocycles. The van der Waals surface area contributed by atoms with Gasteiger partial charge in [0.1, 0.15) is 5.75 Å². The Kier molecular flexibility index (Phi) is 5.03. The maximum absolute atomic E-state index is 12.0. The molecule has 0 aromatic heterocycles. The fourth-order valence-corrected chi connectivity index (χ4v) is 3.36. The average molecular weight is 331 g/mol. The van der Waals surface area contributed by atoms with Crippen LogP contribution >= 0.6 is 11.8 Å². The third kappa shape index (κ3) is 4.14. The summed E-state index contributed by atoms with van der Waals surface area (Å²) in [6, 6.07) is 6.04. The van der Waals surface area contributed by atoms with Crippen LogP contribution in [0.15, 0.2) is 28.1 Å². The van der Waals surface area contributed by atoms with E-state index in [4.69, 9.17) is 4.74 Å². The number of carbonyl (C=O) groups is 1. The summed E-state index contributed by atoms with van der Waals surface area (Å²) in [4.78, 5) is 18.9. The van der Waals surface area contributed by atoms with E-state index in [1.165, 1.54) is 17.3 Å². The Bertz CT molecular complexity index is 668. The van der Waals surface area contributed by atoms with Gasteiger partial charge < -0.3 is 15.0 Å². The molecule has 1 amide bonds. The highest BCUT2D eigenvalue weighted by Gasteiger charge is 2.22. The van der Waals surface area contributed by atoms with Gasteiger partial charge in [-0.25, -0.2) is 0 Å². The fourth-order valence-electron chi connectivity index (χ4n) is 2.52. The number of carbonyl (C=O) groups excluding carboxylic acids is 1. The number of hydrogen-bond donors (Lipinski definition) is 1. The molecule has 1 aromatic rings. The van der Waals surface area contributed by atoms with Crippen molar-refractivity contribution in [3.05, 3.63) is 34.2 Å². The molecule has 23 heavy (non-hydrogen) atoms. The molecule has 1 aromatic carbocycles. The van der Waals surface area contributed by atoms with Gasteiger partial charge in [0.2, 0.25) is 0 Å². The van der Waals surface area contributed by atoms with Crippen LogP contribution in [0, 0.1) is 0 Å². The quantitative estimate of drug-likeness (QED) is 0.662. The summed E-state index contributed by atoms with van der Waals surface area (Å²) in [6.07, 6.45) is 3.86. The van der Waals surface area contributed by atoms with Crippen molar-refractivity contribution in [1.29, 1.82) is 0 Å². The Morgan fingerprint density at radius 2 is 2.30 bits per heavy atom. The first kappa shape index (κ1) is 16.1. The summed E-state index contributed by atoms with van der Waals surface area (Å²) in [5.74, 6) is 0.791. The van der Waals surface area contributed by atoms with Gasteiger partial charge in [-0.2, -0.15) is 4.99 Å². The van der Waals surface area contributed by atoms with Gasteiger partial charge in [-0.15, -0.1) is 0 Å². The molecule has 0 bridgehead atoms. The predicted molar refractivity (Wildman–Crippen MR) is 94.8 cm³/mol. The molecule has 2 aliphatic rings. The highest BCUT2D eigenvalue weighted by molar-refractivity contribution is 8.18. The van der Waals surface area contributed by atoms with Gasteiger partial charge in [-0.05, 0) is 68.2 Å². The molecule has 0 aliphatic carbocycles. The number of nitrogens with zero attached hydrogens (tertiary/aromatic N) is 2. The standard InChI is InChI=1S/C17H21N3O2S/c1-20(2)8-3-7-18-17-19-16(21)15(23-17)11-12-4-5-14-13(10-12)6-9-22-14/h4-5,10-11H,3,6-9H2,1-2H3,(H,18,19,21)/b15-11-. The Balaban J connectivity index is 1.58. The smallest absolute Gasteiger partial charge is 0.286 e. The third-order valence-corrected chi connectivity index (χ3v) is 4.63. The topological polar surface area (TPSA) is 53.9 Å². The molecule has 1 N–H and O–H groups in total. The molecule has 0 fully saturated rings. The molecule has 0 atom stereocenters. The lowest BCUT2D eigenvalue weighted by atomic mass is 10.1. The number of amides is 1. The van der Waals surface area contributed by atoms with Gasteiger partial charge >= 0.3 is 0 Å². The zero-order chi connectivity index (χ0) is 16.2. The molecule has 6 heteroatoms. The van der Waals surface area contributed by atoms with Gasteiger partial charge in [0.15, 0.2) is 5.17 Å². The number of hydrogen-bond acceptors (Lipinski definition) is 5. The SMILES string of the molecule is CN(C)CCCNC1=NC(=O)/C(=C/c2ccc3c(c2)CCO3)S1. The van der Waals surface area contributed by atoms with Crippen molar-refractivity contribution in [1.82, 2.24) is 10.2 Å². The maximum atomic E-state index is 12.0. The minimum absolute atomic E-state index is 0.165. The van der Waals surface area contributed by atoms with Gasteiger partial charge in [0.25, 0.3) is 5.91 Å². The van der Waals surface area contributed by atoms with Crippen molar-refractivity contribution in [3.8, 4) is 5.75 Å². The monoisotopic (exact) mass is 331 g/mol. The first-order valence-corrected chi connectivity index (χ1v) is 8.60. The summed E-state index contributed by atoms with van der Waals surface area (Å²) in [5, 5.41) is 3.93. The minimum atomic E-state index is -0.165. The molecule has 5 nitrogen and oxygen atoms in total. The number of amidine groups is 1. The van der Waals surface area contributed by atoms with Crippen molar-refractivity contribution in [3.63, 3.8) is 0 Å². The summed E-state index contributed by atoms with van der Waals surface area (Å²) >= 11 is 1.41. The number of fused-ring (bicyclic) bond motifs is 1. The van der Waals surface area contributed by atoms with Crippen LogP contribution in [0.1, 0.15) is 17.5 Å². The molecule has 2 aliphatic heterocycles. The van der Waals surface area contributed by atoms with E-state index in [-0.39, 0.29) is 5.91 Å². The second-order valence-electron chi connectivity index (χ2n) is 5.88. The van der Waals surface area contributed by atoms with Crippen molar-refractivity contribution in [2.24, 2.45) is 4.99 Å². The van der Waals surface area contributed by atoms with Crippen molar-refractivity contribution >= 4 is 28.9 Å². The molecular formula is C17H21N3O2S. The lowest BCUT2D eigenvalue weighted by Crippen LogP contribution is -2.24. The lowest BCUT2D eigenvalue weighted by Gasteiger charge is -2.09. The molecule has 3 rings (SSSR count). The highest BCUT2D eigenvalue weighted by atomic mass is 32.2. The fraction of sp³-hybridized carbons (Fsp3) is 0.412. The Labute approximate surface area is 140 Å². The van der Waals surface area contributed by atoms with Crippen LogP contribution in [0.4, 0.5) is 0 Å². The van der Waals surface area contributed by atoms with E-state index in [1.807, 2.05) is 32.3 Å². The van der Waals surface area contributed by atoms with Crippen LogP contribution in [0.25, 0.3) is 6.08 Å². The molecule has 0 saturated carbocycles. The molecule has 0 radical (unpaired) electrons. The number of rotatable bonds is 5. The summed E-state index contributed by atoms with van der Waals surface area (Å²) in [5.41, 5.74) is 2.23. The van der Waals surface area contributed by atoms with Crippen LogP contribution in [-0.2, 0) is 11.2 Å². The van der Waals surface area contributed by atoms with E-state index < -0.39 is 0 Å². The van der Waals surface area contributed by atoms with E-state index in [0.717, 1.165) is 43.9 Å². The Hall–Kier alpha value is -1.79. The van der Waals surface area contributed by atoms with Crippen LogP contribution in [0.2, 0.25) is 0 Å².